The van der Waals surface area contributed by atoms with Crippen molar-refractivity contribution >= 4 is 64.1 Å². The van der Waals surface area contributed by atoms with Gasteiger partial charge >= 0.3 is 0 Å². The molecule has 0 aliphatic carbocycles. The molecule has 1 heterocycles. The summed E-state index contributed by atoms with van der Waals surface area (Å²) < 4.78 is 1.91. The molecular formula is C17H20Cl3N5O2S. The molecule has 2 aromatic rings. The molecule has 0 radical (unpaired) electrons. The van der Waals surface area contributed by atoms with Gasteiger partial charge in [0.1, 0.15) is 5.82 Å². The number of aromatic nitrogens is 3. The van der Waals surface area contributed by atoms with Crippen LogP contribution >= 0.6 is 46.6 Å². The number of rotatable bonds is 9. The van der Waals surface area contributed by atoms with Gasteiger partial charge in [-0.25, -0.2) is 0 Å². The van der Waals surface area contributed by atoms with Crippen molar-refractivity contribution in [3.05, 3.63) is 33.0 Å². The second-order valence-corrected chi connectivity index (χ2v) is 8.62. The molecule has 0 spiro atoms. The van der Waals surface area contributed by atoms with Gasteiger partial charge in [0.2, 0.25) is 11.8 Å². The fraction of sp³-hybridized carbons (Fsp3) is 0.412. The Morgan fingerprint density at radius 3 is 2.50 bits per heavy atom. The van der Waals surface area contributed by atoms with E-state index in [4.69, 9.17) is 40.5 Å². The third-order valence-electron chi connectivity index (χ3n) is 3.55. The van der Waals surface area contributed by atoms with Gasteiger partial charge in [0.05, 0.1) is 26.5 Å². The molecule has 0 saturated carbocycles. The van der Waals surface area contributed by atoms with Gasteiger partial charge in [-0.15, -0.1) is 10.2 Å². The average Bonchev–Trinajstić information content (AvgIpc) is 2.97. The fourth-order valence-electron chi connectivity index (χ4n) is 2.33. The summed E-state index contributed by atoms with van der Waals surface area (Å²) in [6, 6.07) is 2.97. The van der Waals surface area contributed by atoms with Crippen LogP contribution in [-0.4, -0.2) is 32.3 Å². The minimum Gasteiger partial charge on any atom is -0.370 e. The second-order valence-electron chi connectivity index (χ2n) is 6.45. The molecule has 0 fully saturated rings. The molecule has 0 aliphatic heterocycles. The third kappa shape index (κ3) is 6.55. The van der Waals surface area contributed by atoms with Gasteiger partial charge in [0.15, 0.2) is 5.16 Å². The number of carbonyl (C=O) groups is 2. The number of anilines is 1. The molecule has 1 aromatic heterocycles. The van der Waals surface area contributed by atoms with E-state index in [0.29, 0.717) is 50.6 Å². The lowest BCUT2D eigenvalue weighted by Crippen LogP contribution is -2.17. The molecule has 152 valence electrons. The van der Waals surface area contributed by atoms with E-state index in [-0.39, 0.29) is 18.1 Å². The van der Waals surface area contributed by atoms with E-state index in [2.05, 4.69) is 29.4 Å². The second kappa shape index (κ2) is 10.3. The van der Waals surface area contributed by atoms with Gasteiger partial charge in [0.25, 0.3) is 0 Å². The minimum atomic E-state index is -0.397. The molecule has 0 bridgehead atoms. The Bertz CT molecular complexity index is 873. The zero-order valence-electron chi connectivity index (χ0n) is 15.3. The number of nitrogens with one attached hydrogen (secondary N) is 1. The van der Waals surface area contributed by atoms with Crippen LogP contribution in [-0.2, 0) is 22.6 Å². The molecule has 3 N–H and O–H groups in total. The molecule has 0 aliphatic rings. The molecule has 0 unspecified atom stereocenters. The van der Waals surface area contributed by atoms with E-state index in [0.717, 1.165) is 0 Å². The largest absolute Gasteiger partial charge is 0.370 e. The van der Waals surface area contributed by atoms with Crippen LogP contribution in [0.2, 0.25) is 15.1 Å². The predicted octanol–water partition coefficient (Wildman–Crippen LogP) is 4.04. The minimum absolute atomic E-state index is 0.0998. The molecule has 11 heteroatoms. The van der Waals surface area contributed by atoms with Crippen molar-refractivity contribution in [2.45, 2.75) is 38.4 Å². The number of carbonyl (C=O) groups excluding carboxylic acids is 2. The molecule has 0 atom stereocenters. The smallest absolute Gasteiger partial charge is 0.234 e. The summed E-state index contributed by atoms with van der Waals surface area (Å²) in [4.78, 5) is 23.4. The summed E-state index contributed by atoms with van der Waals surface area (Å²) in [5, 5.41) is 12.5. The summed E-state index contributed by atoms with van der Waals surface area (Å²) >= 11 is 19.2. The Hall–Kier alpha value is -1.48. The number of primary amides is 1. The molecule has 28 heavy (non-hydrogen) atoms. The number of nitrogens with two attached hydrogens (primary N) is 1. The molecule has 7 nitrogen and oxygen atoms in total. The van der Waals surface area contributed by atoms with Crippen molar-refractivity contribution < 1.29 is 9.59 Å². The quantitative estimate of drug-likeness (QED) is 0.430. The lowest BCUT2D eigenvalue weighted by molar-refractivity contribution is -0.118. The maximum absolute atomic E-state index is 12.3. The molecular weight excluding hydrogens is 445 g/mol. The van der Waals surface area contributed by atoms with E-state index >= 15 is 0 Å². The maximum Gasteiger partial charge on any atom is 0.234 e. The van der Waals surface area contributed by atoms with Gasteiger partial charge in [-0.2, -0.15) is 0 Å². The van der Waals surface area contributed by atoms with E-state index in [1.54, 1.807) is 0 Å². The summed E-state index contributed by atoms with van der Waals surface area (Å²) in [7, 11) is 0. The highest BCUT2D eigenvalue weighted by molar-refractivity contribution is 7.99. The van der Waals surface area contributed by atoms with Crippen LogP contribution in [0.5, 0.6) is 0 Å². The van der Waals surface area contributed by atoms with E-state index < -0.39 is 5.91 Å². The van der Waals surface area contributed by atoms with Crippen LogP contribution in [0, 0.1) is 5.92 Å². The van der Waals surface area contributed by atoms with Gasteiger partial charge in [-0.05, 0) is 18.1 Å². The Balaban J connectivity index is 2.05. The van der Waals surface area contributed by atoms with Crippen LogP contribution < -0.4 is 11.1 Å². The van der Waals surface area contributed by atoms with Gasteiger partial charge < -0.3 is 15.6 Å². The van der Waals surface area contributed by atoms with Crippen molar-refractivity contribution in [2.75, 3.05) is 11.1 Å². The van der Waals surface area contributed by atoms with Crippen molar-refractivity contribution in [2.24, 2.45) is 11.7 Å². The predicted molar refractivity (Wildman–Crippen MR) is 113 cm³/mol. The van der Waals surface area contributed by atoms with Crippen LogP contribution in [0.1, 0.15) is 26.1 Å². The fourth-order valence-corrected chi connectivity index (χ4v) is 3.69. The van der Waals surface area contributed by atoms with Crippen LogP contribution in [0.15, 0.2) is 17.3 Å². The lowest BCUT2D eigenvalue weighted by Gasteiger charge is -2.12. The standard InChI is InChI=1S/C17H20Cl3N5O2S/c1-9(2)7-25-15(4-3-14(21)26)23-24-17(25)28-8-16(27)22-13-6-11(19)10(18)5-12(13)20/h5-6,9H,3-4,7-8H2,1-2H3,(H2,21,26)(H,22,27). The number of aryl methyl sites for hydroxylation is 1. The number of hydrogen-bond acceptors (Lipinski definition) is 5. The summed E-state index contributed by atoms with van der Waals surface area (Å²) in [5.41, 5.74) is 5.60. The highest BCUT2D eigenvalue weighted by atomic mass is 35.5. The number of thioether (sulfide) groups is 1. The van der Waals surface area contributed by atoms with Crippen molar-refractivity contribution in [1.29, 1.82) is 0 Å². The van der Waals surface area contributed by atoms with Crippen molar-refractivity contribution in [3.63, 3.8) is 0 Å². The zero-order chi connectivity index (χ0) is 20.8. The Morgan fingerprint density at radius 1 is 1.18 bits per heavy atom. The summed E-state index contributed by atoms with van der Waals surface area (Å²) in [6.07, 6.45) is 0.595. The maximum atomic E-state index is 12.3. The molecule has 0 saturated heterocycles. The average molecular weight is 465 g/mol. The lowest BCUT2D eigenvalue weighted by atomic mass is 10.2. The van der Waals surface area contributed by atoms with Gasteiger partial charge in [-0.3, -0.25) is 9.59 Å². The van der Waals surface area contributed by atoms with Crippen LogP contribution in [0.3, 0.4) is 0 Å². The number of amides is 2. The Labute approximate surface area is 182 Å². The first kappa shape index (κ1) is 22.8. The molecule has 2 amide bonds. The summed E-state index contributed by atoms with van der Waals surface area (Å²) in [6.45, 7) is 4.79. The van der Waals surface area contributed by atoms with Crippen molar-refractivity contribution in [3.8, 4) is 0 Å². The van der Waals surface area contributed by atoms with Crippen LogP contribution in [0.4, 0.5) is 5.69 Å². The first-order chi connectivity index (χ1) is 13.2. The zero-order valence-corrected chi connectivity index (χ0v) is 18.4. The molecule has 1 aromatic carbocycles. The first-order valence-electron chi connectivity index (χ1n) is 8.45. The molecule has 2 rings (SSSR count). The van der Waals surface area contributed by atoms with Gasteiger partial charge in [0, 0.05) is 19.4 Å². The van der Waals surface area contributed by atoms with Gasteiger partial charge in [-0.1, -0.05) is 60.4 Å². The van der Waals surface area contributed by atoms with E-state index in [9.17, 15) is 9.59 Å². The van der Waals surface area contributed by atoms with E-state index in [1.807, 2.05) is 4.57 Å². The SMILES string of the molecule is CC(C)Cn1c(CCC(N)=O)nnc1SCC(=O)Nc1cc(Cl)c(Cl)cc1Cl. The number of nitrogens with zero attached hydrogens (tertiary/aromatic N) is 3. The van der Waals surface area contributed by atoms with E-state index in [1.165, 1.54) is 23.9 Å². The Kier molecular flexibility index (Phi) is 8.42. The number of benzene rings is 1. The highest BCUT2D eigenvalue weighted by Gasteiger charge is 2.16. The normalized spacial score (nSPS) is 11.1. The number of hydrogen-bond donors (Lipinski definition) is 2. The number of halogens is 3. The Morgan fingerprint density at radius 2 is 1.86 bits per heavy atom. The monoisotopic (exact) mass is 463 g/mol. The van der Waals surface area contributed by atoms with Crippen LogP contribution in [0.25, 0.3) is 0 Å². The highest BCUT2D eigenvalue weighted by Crippen LogP contribution is 2.32. The van der Waals surface area contributed by atoms with Crippen molar-refractivity contribution in [1.82, 2.24) is 14.8 Å². The first-order valence-corrected chi connectivity index (χ1v) is 10.6. The third-order valence-corrected chi connectivity index (χ3v) is 5.55. The summed E-state index contributed by atoms with van der Waals surface area (Å²) in [5.74, 6) is 0.437. The topological polar surface area (TPSA) is 103 Å².